The molecule has 0 saturated heterocycles. The average molecular weight is 509 g/mol. The number of carbonyl (C=O) groups excluding carboxylic acids is 1. The lowest BCUT2D eigenvalue weighted by atomic mass is 9.68. The SMILES string of the molecule is COc1ccc(C2C(C#N)=C(N)N(c3ccc(S(N)(=O)=O)cc3)C3=C2C(=O)CC(C)(C)C3)cc1OC. The number of rotatable bonds is 5. The zero-order chi connectivity index (χ0) is 26.4. The largest absolute Gasteiger partial charge is 0.493 e. The number of carbonyl (C=O) groups is 1. The average Bonchev–Trinajstić information content (AvgIpc) is 2.81. The highest BCUT2D eigenvalue weighted by atomic mass is 32.2. The molecular weight excluding hydrogens is 480 g/mol. The zero-order valence-electron chi connectivity index (χ0n) is 20.5. The van der Waals surface area contributed by atoms with E-state index in [0.717, 1.165) is 0 Å². The molecule has 0 spiro atoms. The second-order valence-corrected chi connectivity index (χ2v) is 11.2. The topological polar surface area (TPSA) is 149 Å². The number of sulfonamides is 1. The summed E-state index contributed by atoms with van der Waals surface area (Å²) in [6.45, 7) is 4.00. The lowest BCUT2D eigenvalue weighted by molar-refractivity contribution is -0.118. The molecule has 4 N–H and O–H groups in total. The highest BCUT2D eigenvalue weighted by Crippen LogP contribution is 2.50. The second-order valence-electron chi connectivity index (χ2n) is 9.63. The predicted molar refractivity (Wildman–Crippen MR) is 134 cm³/mol. The van der Waals surface area contributed by atoms with E-state index in [0.29, 0.717) is 46.9 Å². The number of anilines is 1. The predicted octanol–water partition coefficient (Wildman–Crippen LogP) is 3.29. The van der Waals surface area contributed by atoms with Crippen LogP contribution < -0.4 is 25.2 Å². The van der Waals surface area contributed by atoms with Gasteiger partial charge in [0.25, 0.3) is 0 Å². The standard InChI is InChI=1S/C26H28N4O5S/c1-26(2)12-19-24(20(31)13-26)23(15-5-10-21(34-3)22(11-15)35-4)18(14-27)25(28)30(19)16-6-8-17(9-7-16)36(29,32)33/h5-11,23H,12-13,28H2,1-4H3,(H2,29,32,33). The number of nitrogens with zero attached hydrogens (tertiary/aromatic N) is 2. The van der Waals surface area contributed by atoms with Gasteiger partial charge in [-0.3, -0.25) is 9.69 Å². The Hall–Kier alpha value is -3.81. The van der Waals surface area contributed by atoms with Crippen molar-refractivity contribution in [1.82, 2.24) is 0 Å². The molecule has 0 bridgehead atoms. The number of allylic oxidation sites excluding steroid dienone is 3. The number of nitriles is 1. The maximum atomic E-state index is 13.6. The van der Waals surface area contributed by atoms with Crippen LogP contribution in [0.4, 0.5) is 5.69 Å². The summed E-state index contributed by atoms with van der Waals surface area (Å²) >= 11 is 0. The summed E-state index contributed by atoms with van der Waals surface area (Å²) in [5.41, 5.74) is 8.86. The van der Waals surface area contributed by atoms with Gasteiger partial charge < -0.3 is 15.2 Å². The summed E-state index contributed by atoms with van der Waals surface area (Å²) in [5.74, 6) is 0.401. The molecule has 2 aromatic carbocycles. The van der Waals surface area contributed by atoms with E-state index in [1.807, 2.05) is 13.8 Å². The van der Waals surface area contributed by atoms with Crippen LogP contribution in [0.3, 0.4) is 0 Å². The highest BCUT2D eigenvalue weighted by Gasteiger charge is 2.44. The molecule has 0 fully saturated rings. The van der Waals surface area contributed by atoms with E-state index >= 15 is 0 Å². The van der Waals surface area contributed by atoms with Gasteiger partial charge in [-0.2, -0.15) is 5.26 Å². The lowest BCUT2D eigenvalue weighted by Crippen LogP contribution is -2.42. The van der Waals surface area contributed by atoms with Crippen molar-refractivity contribution < 1.29 is 22.7 Å². The third-order valence-electron chi connectivity index (χ3n) is 6.55. The van der Waals surface area contributed by atoms with Gasteiger partial charge in [0.15, 0.2) is 17.3 Å². The van der Waals surface area contributed by atoms with Crippen molar-refractivity contribution in [3.63, 3.8) is 0 Å². The van der Waals surface area contributed by atoms with Crippen molar-refractivity contribution in [2.24, 2.45) is 16.3 Å². The number of methoxy groups -OCH3 is 2. The Balaban J connectivity index is 1.97. The first-order valence-electron chi connectivity index (χ1n) is 11.2. The number of primary sulfonamides is 1. The fraction of sp³-hybridized carbons (Fsp3) is 0.308. The fourth-order valence-electron chi connectivity index (χ4n) is 4.95. The van der Waals surface area contributed by atoms with Crippen molar-refractivity contribution >= 4 is 21.5 Å². The monoisotopic (exact) mass is 508 g/mol. The molecule has 2 aromatic rings. The molecule has 10 heteroatoms. The molecule has 1 unspecified atom stereocenters. The van der Waals surface area contributed by atoms with Gasteiger partial charge in [-0.25, -0.2) is 13.6 Å². The first-order chi connectivity index (χ1) is 16.9. The number of ketones is 1. The molecule has 36 heavy (non-hydrogen) atoms. The number of hydrogen-bond acceptors (Lipinski definition) is 8. The Kier molecular flexibility index (Phi) is 6.32. The minimum Gasteiger partial charge on any atom is -0.493 e. The third kappa shape index (κ3) is 4.32. The van der Waals surface area contributed by atoms with Gasteiger partial charge in [0.05, 0.1) is 36.7 Å². The van der Waals surface area contributed by atoms with Crippen molar-refractivity contribution in [3.8, 4) is 17.6 Å². The van der Waals surface area contributed by atoms with Gasteiger partial charge in [0, 0.05) is 23.4 Å². The van der Waals surface area contributed by atoms with Crippen molar-refractivity contribution in [2.45, 2.75) is 37.5 Å². The van der Waals surface area contributed by atoms with E-state index in [4.69, 9.17) is 20.3 Å². The Morgan fingerprint density at radius 1 is 1.06 bits per heavy atom. The molecule has 1 aliphatic heterocycles. The number of hydrogen-bond donors (Lipinski definition) is 2. The van der Waals surface area contributed by atoms with Gasteiger partial charge in [-0.05, 0) is 53.8 Å². The van der Waals surface area contributed by atoms with Gasteiger partial charge in [-0.1, -0.05) is 19.9 Å². The minimum atomic E-state index is -3.89. The summed E-state index contributed by atoms with van der Waals surface area (Å²) in [7, 11) is -0.841. The van der Waals surface area contributed by atoms with Gasteiger partial charge in [0.1, 0.15) is 5.82 Å². The van der Waals surface area contributed by atoms with Crippen LogP contribution in [0.2, 0.25) is 0 Å². The van der Waals surface area contributed by atoms with Crippen LogP contribution in [0.5, 0.6) is 11.5 Å². The number of nitrogens with two attached hydrogens (primary N) is 2. The van der Waals surface area contributed by atoms with Crippen molar-refractivity contribution in [2.75, 3.05) is 19.1 Å². The van der Waals surface area contributed by atoms with Gasteiger partial charge in [0.2, 0.25) is 10.0 Å². The maximum Gasteiger partial charge on any atom is 0.238 e. The third-order valence-corrected chi connectivity index (χ3v) is 7.47. The van der Waals surface area contributed by atoms with E-state index in [9.17, 15) is 18.5 Å². The van der Waals surface area contributed by atoms with E-state index in [2.05, 4.69) is 6.07 Å². The first kappa shape index (κ1) is 25.3. The first-order valence-corrected chi connectivity index (χ1v) is 12.8. The van der Waals surface area contributed by atoms with Gasteiger partial charge in [-0.15, -0.1) is 0 Å². The Labute approximate surface area is 210 Å². The molecule has 1 aliphatic carbocycles. The smallest absolute Gasteiger partial charge is 0.238 e. The molecule has 4 rings (SSSR count). The molecule has 0 saturated carbocycles. The highest BCUT2D eigenvalue weighted by molar-refractivity contribution is 7.89. The van der Waals surface area contributed by atoms with E-state index in [1.54, 1.807) is 35.2 Å². The molecule has 0 amide bonds. The molecule has 2 aliphatic rings. The minimum absolute atomic E-state index is 0.0521. The molecule has 0 aromatic heterocycles. The van der Waals surface area contributed by atoms with Gasteiger partial charge >= 0.3 is 0 Å². The molecule has 1 atom stereocenters. The second kappa shape index (κ2) is 9.00. The van der Waals surface area contributed by atoms with Crippen LogP contribution in [-0.4, -0.2) is 28.4 Å². The van der Waals surface area contributed by atoms with Crippen LogP contribution >= 0.6 is 0 Å². The Morgan fingerprint density at radius 3 is 2.25 bits per heavy atom. The molecule has 1 heterocycles. The van der Waals surface area contributed by atoms with E-state index < -0.39 is 15.9 Å². The van der Waals surface area contributed by atoms with Crippen LogP contribution in [0.25, 0.3) is 0 Å². The summed E-state index contributed by atoms with van der Waals surface area (Å²) in [5, 5.41) is 15.5. The summed E-state index contributed by atoms with van der Waals surface area (Å²) in [4.78, 5) is 15.3. The number of benzene rings is 2. The van der Waals surface area contributed by atoms with Crippen LogP contribution in [0, 0.1) is 16.7 Å². The maximum absolute atomic E-state index is 13.6. The molecular formula is C26H28N4O5S. The van der Waals surface area contributed by atoms with E-state index in [-0.39, 0.29) is 27.5 Å². The quantitative estimate of drug-likeness (QED) is 0.625. The fourth-order valence-corrected chi connectivity index (χ4v) is 5.47. The molecule has 0 radical (unpaired) electrons. The lowest BCUT2D eigenvalue weighted by Gasteiger charge is -2.43. The summed E-state index contributed by atoms with van der Waals surface area (Å²) in [6.07, 6.45) is 0.834. The van der Waals surface area contributed by atoms with Crippen molar-refractivity contribution in [3.05, 3.63) is 70.7 Å². The molecule has 9 nitrogen and oxygen atoms in total. The number of Topliss-reactive ketones (excluding diaryl/α,β-unsaturated/α-hetero) is 1. The summed E-state index contributed by atoms with van der Waals surface area (Å²) < 4.78 is 34.3. The van der Waals surface area contributed by atoms with E-state index in [1.165, 1.54) is 26.4 Å². The number of ether oxygens (including phenoxy) is 2. The van der Waals surface area contributed by atoms with Crippen LogP contribution in [-0.2, 0) is 14.8 Å². The Bertz CT molecular complexity index is 1450. The van der Waals surface area contributed by atoms with Crippen molar-refractivity contribution in [1.29, 1.82) is 5.26 Å². The zero-order valence-corrected chi connectivity index (χ0v) is 21.3. The summed E-state index contributed by atoms with van der Waals surface area (Å²) in [6, 6.07) is 13.4. The van der Waals surface area contributed by atoms with Crippen LogP contribution in [0.15, 0.2) is 70.0 Å². The van der Waals surface area contributed by atoms with Crippen LogP contribution in [0.1, 0.15) is 38.2 Å². The molecule has 188 valence electrons. The normalized spacial score (nSPS) is 19.6. The Morgan fingerprint density at radius 2 is 1.69 bits per heavy atom.